The number of aliphatic hydroxyl groups excluding tert-OH is 1. The second-order valence-electron chi connectivity index (χ2n) is 7.15. The zero-order valence-corrected chi connectivity index (χ0v) is 19.3. The maximum absolute atomic E-state index is 10.2. The third kappa shape index (κ3) is 35.3. The Hall–Kier alpha value is 0.144. The number of unbranched alkanes of at least 4 members (excludes halogenated alkanes) is 15. The molecule has 0 unspecified atom stereocenters. The summed E-state index contributed by atoms with van der Waals surface area (Å²) in [5.41, 5.74) is 0. The first-order valence-electron chi connectivity index (χ1n) is 11.0. The van der Waals surface area contributed by atoms with E-state index in [1.165, 1.54) is 83.5 Å². The number of hydrogen-bond donors (Lipinski definition) is 1. The molecular weight excluding hydrogens is 360 g/mol. The van der Waals surface area contributed by atoms with Gasteiger partial charge in [0.25, 0.3) is 0 Å². The maximum atomic E-state index is 10.2. The van der Waals surface area contributed by atoms with Crippen LogP contribution in [-0.2, 0) is 26.5 Å². The fourth-order valence-corrected chi connectivity index (χ4v) is 2.80. The SMILES string of the molecule is CCCCCCCCCCCCCCCCCC(=O)[O-].CCCCO.[Ti]. The molecule has 0 aromatic heterocycles. The van der Waals surface area contributed by atoms with Gasteiger partial charge in [-0.1, -0.05) is 110 Å². The molecule has 0 amide bonds. The zero-order chi connectivity index (χ0) is 19.0. The standard InChI is InChI=1S/C18H36O2.C4H10O.Ti/c1-2-3-4-5-6-7-8-9-10-11-12-13-14-15-16-17-18(19)20;1-2-3-4-5;/h2-17H2,1H3,(H,19,20);5H,2-4H2,1H3;/p-1. The molecule has 0 saturated carbocycles. The first kappa shape index (κ1) is 30.9. The molecule has 156 valence electrons. The van der Waals surface area contributed by atoms with Gasteiger partial charge in [-0.2, -0.15) is 0 Å². The third-order valence-corrected chi connectivity index (χ3v) is 4.50. The normalized spacial score (nSPS) is 9.96. The van der Waals surface area contributed by atoms with E-state index in [2.05, 4.69) is 13.8 Å². The molecule has 0 saturated heterocycles. The predicted molar refractivity (Wildman–Crippen MR) is 107 cm³/mol. The van der Waals surface area contributed by atoms with Crippen LogP contribution in [0.2, 0.25) is 0 Å². The summed E-state index contributed by atoms with van der Waals surface area (Å²) in [5.74, 6) is -0.903. The Morgan fingerprint density at radius 2 is 0.923 bits per heavy atom. The van der Waals surface area contributed by atoms with Crippen molar-refractivity contribution in [2.24, 2.45) is 0 Å². The van der Waals surface area contributed by atoms with Crippen LogP contribution in [0.5, 0.6) is 0 Å². The summed E-state index contributed by atoms with van der Waals surface area (Å²) in [6.45, 7) is 4.66. The number of rotatable bonds is 18. The number of aliphatic carboxylic acids is 1. The smallest absolute Gasteiger partial charge is 0.0430 e. The van der Waals surface area contributed by atoms with Gasteiger partial charge >= 0.3 is 0 Å². The molecule has 0 atom stereocenters. The average molecular weight is 405 g/mol. The van der Waals surface area contributed by atoms with E-state index in [1.807, 2.05) is 0 Å². The van der Waals surface area contributed by atoms with Crippen LogP contribution in [0.15, 0.2) is 0 Å². The van der Waals surface area contributed by atoms with Crippen molar-refractivity contribution < 1.29 is 36.7 Å². The average Bonchev–Trinajstić information content (AvgIpc) is 2.59. The van der Waals surface area contributed by atoms with E-state index in [0.29, 0.717) is 6.61 Å². The molecule has 4 heteroatoms. The van der Waals surface area contributed by atoms with Crippen LogP contribution >= 0.6 is 0 Å². The fourth-order valence-electron chi connectivity index (χ4n) is 2.80. The Balaban J connectivity index is -0.000000772. The van der Waals surface area contributed by atoms with E-state index in [4.69, 9.17) is 5.11 Å². The Morgan fingerprint density at radius 3 is 1.15 bits per heavy atom. The fraction of sp³-hybridized carbons (Fsp3) is 0.955. The van der Waals surface area contributed by atoms with Gasteiger partial charge in [0.1, 0.15) is 0 Å². The number of carboxylic acid groups (broad SMARTS) is 1. The number of aliphatic hydroxyl groups is 1. The summed E-state index contributed by atoms with van der Waals surface area (Å²) < 4.78 is 0. The summed E-state index contributed by atoms with van der Waals surface area (Å²) in [4.78, 5) is 10.2. The molecule has 1 N–H and O–H groups in total. The van der Waals surface area contributed by atoms with Crippen LogP contribution in [0.3, 0.4) is 0 Å². The van der Waals surface area contributed by atoms with Gasteiger partial charge in [-0.3, -0.25) is 0 Å². The molecule has 0 aliphatic heterocycles. The molecule has 3 nitrogen and oxygen atoms in total. The van der Waals surface area contributed by atoms with Crippen molar-refractivity contribution in [2.75, 3.05) is 6.61 Å². The van der Waals surface area contributed by atoms with Crippen LogP contribution < -0.4 is 5.11 Å². The van der Waals surface area contributed by atoms with E-state index in [-0.39, 0.29) is 28.1 Å². The van der Waals surface area contributed by atoms with Gasteiger partial charge in [0.05, 0.1) is 0 Å². The van der Waals surface area contributed by atoms with Gasteiger partial charge in [0.15, 0.2) is 0 Å². The van der Waals surface area contributed by atoms with Crippen molar-refractivity contribution in [3.63, 3.8) is 0 Å². The summed E-state index contributed by atoms with van der Waals surface area (Å²) in [6.07, 6.45) is 21.9. The van der Waals surface area contributed by atoms with Crippen molar-refractivity contribution in [1.82, 2.24) is 0 Å². The number of hydrogen-bond acceptors (Lipinski definition) is 3. The number of carbonyl (C=O) groups excluding carboxylic acids is 1. The number of carboxylic acids is 1. The van der Waals surface area contributed by atoms with Gasteiger partial charge in [0.2, 0.25) is 0 Å². The quantitative estimate of drug-likeness (QED) is 0.232. The minimum absolute atomic E-state index is 0. The van der Waals surface area contributed by atoms with E-state index in [0.717, 1.165) is 25.7 Å². The molecule has 0 spiro atoms. The second-order valence-corrected chi connectivity index (χ2v) is 7.15. The first-order chi connectivity index (χ1) is 12.2. The Bertz CT molecular complexity index is 246. The minimum Gasteiger partial charge on any atom is -0.550 e. The molecule has 0 aromatic rings. The molecule has 0 aromatic carbocycles. The molecule has 0 heterocycles. The van der Waals surface area contributed by atoms with Crippen LogP contribution in [0.4, 0.5) is 0 Å². The summed E-state index contributed by atoms with van der Waals surface area (Å²) >= 11 is 0. The van der Waals surface area contributed by atoms with E-state index in [9.17, 15) is 9.90 Å². The van der Waals surface area contributed by atoms with Crippen molar-refractivity contribution >= 4 is 5.97 Å². The second kappa shape index (κ2) is 29.9. The van der Waals surface area contributed by atoms with Gasteiger partial charge < -0.3 is 15.0 Å². The van der Waals surface area contributed by atoms with Crippen LogP contribution in [-0.4, -0.2) is 17.7 Å². The van der Waals surface area contributed by atoms with E-state index < -0.39 is 5.97 Å². The van der Waals surface area contributed by atoms with Crippen molar-refractivity contribution in [3.05, 3.63) is 0 Å². The first-order valence-corrected chi connectivity index (χ1v) is 11.0. The summed E-state index contributed by atoms with van der Waals surface area (Å²) in [7, 11) is 0. The minimum atomic E-state index is -0.903. The van der Waals surface area contributed by atoms with Crippen LogP contribution in [0.25, 0.3) is 0 Å². The van der Waals surface area contributed by atoms with Crippen molar-refractivity contribution in [3.8, 4) is 0 Å². The number of carbonyl (C=O) groups is 1. The molecule has 26 heavy (non-hydrogen) atoms. The van der Waals surface area contributed by atoms with Crippen molar-refractivity contribution in [1.29, 1.82) is 0 Å². The Labute approximate surface area is 178 Å². The molecular formula is C22H45O3Ti-. The molecule has 0 fully saturated rings. The summed E-state index contributed by atoms with van der Waals surface area (Å²) in [6, 6.07) is 0. The maximum Gasteiger partial charge on any atom is 0.0430 e. The van der Waals surface area contributed by atoms with Gasteiger partial charge in [-0.15, -0.1) is 0 Å². The molecule has 0 rings (SSSR count). The van der Waals surface area contributed by atoms with E-state index >= 15 is 0 Å². The van der Waals surface area contributed by atoms with Crippen LogP contribution in [0, 0.1) is 0 Å². The molecule has 0 aliphatic carbocycles. The van der Waals surface area contributed by atoms with Crippen molar-refractivity contribution in [2.45, 2.75) is 129 Å². The van der Waals surface area contributed by atoms with E-state index in [1.54, 1.807) is 0 Å². The van der Waals surface area contributed by atoms with Gasteiger partial charge in [-0.05, 0) is 19.3 Å². The van der Waals surface area contributed by atoms with Gasteiger partial charge in [0, 0.05) is 34.3 Å². The molecule has 0 bridgehead atoms. The topological polar surface area (TPSA) is 60.4 Å². The zero-order valence-electron chi connectivity index (χ0n) is 17.7. The molecule has 0 aliphatic rings. The largest absolute Gasteiger partial charge is 0.550 e. The summed E-state index contributed by atoms with van der Waals surface area (Å²) in [5, 5.41) is 18.3. The van der Waals surface area contributed by atoms with Gasteiger partial charge in [-0.25, -0.2) is 0 Å². The Kier molecular flexibility index (Phi) is 35.5. The monoisotopic (exact) mass is 405 g/mol. The molecule has 0 radical (unpaired) electrons. The predicted octanol–water partition coefficient (Wildman–Crippen LogP) is 5.77. The Morgan fingerprint density at radius 1 is 0.615 bits per heavy atom. The third-order valence-electron chi connectivity index (χ3n) is 4.50. The van der Waals surface area contributed by atoms with Crippen LogP contribution in [0.1, 0.15) is 129 Å².